The van der Waals surface area contributed by atoms with E-state index in [1.807, 2.05) is 5.38 Å². The molecule has 31 heavy (non-hydrogen) atoms. The highest BCUT2D eigenvalue weighted by Gasteiger charge is 2.15. The van der Waals surface area contributed by atoms with Crippen LogP contribution in [0.1, 0.15) is 17.3 Å². The summed E-state index contributed by atoms with van der Waals surface area (Å²) in [6.07, 6.45) is 0.456. The molecule has 0 unspecified atom stereocenters. The van der Waals surface area contributed by atoms with E-state index in [1.54, 1.807) is 36.4 Å². The van der Waals surface area contributed by atoms with Crippen molar-refractivity contribution in [2.45, 2.75) is 19.6 Å². The molecule has 2 heterocycles. The fraction of sp³-hybridized carbons (Fsp3) is 0.174. The number of carbonyl (C=O) groups excluding carboxylic acids is 1. The number of ether oxygens (including phenoxy) is 1. The van der Waals surface area contributed by atoms with E-state index >= 15 is 0 Å². The minimum Gasteiger partial charge on any atom is -0.491 e. The van der Waals surface area contributed by atoms with Gasteiger partial charge in [-0.15, -0.1) is 11.3 Å². The number of hydrogen-bond acceptors (Lipinski definition) is 6. The van der Waals surface area contributed by atoms with E-state index in [0.717, 1.165) is 5.56 Å². The molecule has 0 aliphatic heterocycles. The molecule has 0 aliphatic rings. The van der Waals surface area contributed by atoms with Gasteiger partial charge in [0.15, 0.2) is 5.78 Å². The summed E-state index contributed by atoms with van der Waals surface area (Å²) in [5.41, 5.74) is 1.70. The number of carbonyl (C=O) groups is 1. The van der Waals surface area contributed by atoms with Crippen LogP contribution >= 0.6 is 11.3 Å². The third-order valence-corrected chi connectivity index (χ3v) is 5.71. The van der Waals surface area contributed by atoms with E-state index < -0.39 is 6.10 Å². The second-order valence-electron chi connectivity index (χ2n) is 7.08. The lowest BCUT2D eigenvalue weighted by molar-refractivity contribution is 0.0914. The van der Waals surface area contributed by atoms with Gasteiger partial charge in [-0.25, -0.2) is 9.37 Å². The molecule has 2 aromatic heterocycles. The van der Waals surface area contributed by atoms with Gasteiger partial charge in [0.1, 0.15) is 29.1 Å². The zero-order valence-corrected chi connectivity index (χ0v) is 17.4. The number of fused-ring (bicyclic) bond motifs is 1. The molecule has 0 saturated heterocycles. The molecule has 1 N–H and O–H groups in total. The maximum absolute atomic E-state index is 13.2. The van der Waals surface area contributed by atoms with Crippen molar-refractivity contribution < 1.29 is 19.0 Å². The summed E-state index contributed by atoms with van der Waals surface area (Å²) in [5.74, 6) is 0.126. The van der Waals surface area contributed by atoms with Gasteiger partial charge in [-0.05, 0) is 48.9 Å². The number of nitrogens with zero attached hydrogens (tertiary/aromatic N) is 2. The van der Waals surface area contributed by atoms with Crippen LogP contribution in [0.25, 0.3) is 21.3 Å². The summed E-state index contributed by atoms with van der Waals surface area (Å²) in [6.45, 7) is 1.46. The van der Waals surface area contributed by atoms with Crippen molar-refractivity contribution in [3.05, 3.63) is 82.0 Å². The highest BCUT2D eigenvalue weighted by molar-refractivity contribution is 7.17. The van der Waals surface area contributed by atoms with Crippen LogP contribution in [0.2, 0.25) is 0 Å². The molecule has 2 aromatic carbocycles. The van der Waals surface area contributed by atoms with Crippen molar-refractivity contribution in [3.8, 4) is 16.9 Å². The summed E-state index contributed by atoms with van der Waals surface area (Å²) in [7, 11) is 0. The molecule has 0 spiro atoms. The second kappa shape index (κ2) is 8.79. The van der Waals surface area contributed by atoms with Crippen LogP contribution in [0.4, 0.5) is 4.39 Å². The number of hydrogen-bond donors (Lipinski definition) is 1. The lowest BCUT2D eigenvalue weighted by atomic mass is 10.1. The first-order chi connectivity index (χ1) is 14.9. The Morgan fingerprint density at radius 3 is 2.58 bits per heavy atom. The van der Waals surface area contributed by atoms with Gasteiger partial charge >= 0.3 is 0 Å². The van der Waals surface area contributed by atoms with E-state index in [0.29, 0.717) is 27.1 Å². The van der Waals surface area contributed by atoms with Crippen molar-refractivity contribution in [2.24, 2.45) is 0 Å². The minimum absolute atomic E-state index is 0.00596. The molecule has 0 fully saturated rings. The molecule has 0 aliphatic carbocycles. The predicted molar refractivity (Wildman–Crippen MR) is 117 cm³/mol. The molecule has 0 bridgehead atoms. The third-order valence-electron chi connectivity index (χ3n) is 4.83. The van der Waals surface area contributed by atoms with Crippen LogP contribution in [0, 0.1) is 5.82 Å². The highest BCUT2D eigenvalue weighted by Crippen LogP contribution is 2.30. The number of halogens is 1. The summed E-state index contributed by atoms with van der Waals surface area (Å²) < 4.78 is 20.2. The molecule has 1 atom stereocenters. The Morgan fingerprint density at radius 1 is 1.19 bits per heavy atom. The summed E-state index contributed by atoms with van der Waals surface area (Å²) in [6, 6.07) is 12.5. The molecule has 0 saturated carbocycles. The van der Waals surface area contributed by atoms with Gasteiger partial charge < -0.3 is 9.84 Å². The number of thiophene rings is 1. The average Bonchev–Trinajstić information content (AvgIpc) is 3.20. The van der Waals surface area contributed by atoms with Gasteiger partial charge in [0, 0.05) is 16.5 Å². The van der Waals surface area contributed by atoms with Crippen molar-refractivity contribution in [3.63, 3.8) is 0 Å². The van der Waals surface area contributed by atoms with E-state index in [1.165, 1.54) is 41.3 Å². The topological polar surface area (TPSA) is 81.4 Å². The fourth-order valence-electron chi connectivity index (χ4n) is 3.20. The average molecular weight is 438 g/mol. The Balaban J connectivity index is 1.51. The number of Topliss-reactive ketones (excluding diaryl/α,β-unsaturated/α-hetero) is 1. The zero-order valence-electron chi connectivity index (χ0n) is 16.6. The van der Waals surface area contributed by atoms with Crippen LogP contribution in [0.15, 0.2) is 65.0 Å². The maximum Gasteiger partial charge on any atom is 0.262 e. The minimum atomic E-state index is -0.947. The van der Waals surface area contributed by atoms with Crippen LogP contribution in [0.5, 0.6) is 5.75 Å². The first-order valence-electron chi connectivity index (χ1n) is 9.57. The Labute approximate surface area is 181 Å². The Morgan fingerprint density at radius 2 is 1.90 bits per heavy atom. The van der Waals surface area contributed by atoms with Gasteiger partial charge in [-0.2, -0.15) is 0 Å². The highest BCUT2D eigenvalue weighted by atomic mass is 32.1. The first-order valence-corrected chi connectivity index (χ1v) is 10.4. The molecular weight excluding hydrogens is 419 g/mol. The number of aromatic nitrogens is 2. The quantitative estimate of drug-likeness (QED) is 0.443. The van der Waals surface area contributed by atoms with E-state index in [2.05, 4.69) is 4.98 Å². The lowest BCUT2D eigenvalue weighted by Crippen LogP contribution is -2.30. The number of benzene rings is 2. The van der Waals surface area contributed by atoms with Crippen LogP contribution in [-0.2, 0) is 6.54 Å². The molecule has 4 aromatic rings. The van der Waals surface area contributed by atoms with Crippen molar-refractivity contribution in [2.75, 3.05) is 6.61 Å². The van der Waals surface area contributed by atoms with E-state index in [9.17, 15) is 19.1 Å². The SMILES string of the molecule is CC(=O)c1ccc(OC[C@H](O)Cn2cnc3scc(-c4ccc(F)cc4)c3c2=O)cc1. The molecule has 6 nitrogen and oxygen atoms in total. The van der Waals surface area contributed by atoms with Gasteiger partial charge in [-0.1, -0.05) is 12.1 Å². The van der Waals surface area contributed by atoms with Gasteiger partial charge in [0.25, 0.3) is 5.56 Å². The third kappa shape index (κ3) is 4.55. The first kappa shape index (κ1) is 20.9. The van der Waals surface area contributed by atoms with Crippen molar-refractivity contribution in [1.82, 2.24) is 9.55 Å². The van der Waals surface area contributed by atoms with Crippen LogP contribution in [-0.4, -0.2) is 33.2 Å². The van der Waals surface area contributed by atoms with Gasteiger partial charge in [-0.3, -0.25) is 14.2 Å². The Hall–Kier alpha value is -3.36. The van der Waals surface area contributed by atoms with Crippen LogP contribution in [0.3, 0.4) is 0 Å². The summed E-state index contributed by atoms with van der Waals surface area (Å²) in [4.78, 5) is 29.3. The summed E-state index contributed by atoms with van der Waals surface area (Å²) >= 11 is 1.34. The predicted octanol–water partition coefficient (Wildman–Crippen LogP) is 3.91. The molecule has 4 rings (SSSR count). The van der Waals surface area contributed by atoms with Crippen molar-refractivity contribution >= 4 is 27.3 Å². The number of rotatable bonds is 7. The van der Waals surface area contributed by atoms with E-state index in [-0.39, 0.29) is 30.3 Å². The number of aliphatic hydroxyl groups is 1. The molecule has 8 heteroatoms. The lowest BCUT2D eigenvalue weighted by Gasteiger charge is -2.14. The summed E-state index contributed by atoms with van der Waals surface area (Å²) in [5, 5.41) is 12.6. The Kier molecular flexibility index (Phi) is 5.92. The van der Waals surface area contributed by atoms with E-state index in [4.69, 9.17) is 4.74 Å². The largest absolute Gasteiger partial charge is 0.491 e. The fourth-order valence-corrected chi connectivity index (χ4v) is 4.10. The molecule has 0 amide bonds. The van der Waals surface area contributed by atoms with Gasteiger partial charge in [0.2, 0.25) is 0 Å². The maximum atomic E-state index is 13.2. The zero-order chi connectivity index (χ0) is 22.0. The normalized spacial score (nSPS) is 12.1. The molecule has 158 valence electrons. The smallest absolute Gasteiger partial charge is 0.262 e. The van der Waals surface area contributed by atoms with Crippen molar-refractivity contribution in [1.29, 1.82) is 0 Å². The van der Waals surface area contributed by atoms with Gasteiger partial charge in [0.05, 0.1) is 18.3 Å². The monoisotopic (exact) mass is 438 g/mol. The molecular formula is C23H19FN2O4S. The number of ketones is 1. The standard InChI is InChI=1S/C23H19FN2O4S/c1-14(27)15-4-8-19(9-5-15)30-11-18(28)10-26-13-25-22-21(23(26)29)20(12-31-22)16-2-6-17(24)7-3-16/h2-9,12-13,18,28H,10-11H2,1H3/t18-/m1/s1. The second-order valence-corrected chi connectivity index (χ2v) is 7.94. The molecule has 0 radical (unpaired) electrons. The number of aliphatic hydroxyl groups excluding tert-OH is 1. The Bertz CT molecular complexity index is 1280. The van der Waals surface area contributed by atoms with Crippen LogP contribution < -0.4 is 10.3 Å².